The monoisotopic (exact) mass is 340 g/mol. The number of pyridine rings is 1. The lowest BCUT2D eigenvalue weighted by Crippen LogP contribution is -2.50. The molecule has 0 bridgehead atoms. The van der Waals surface area contributed by atoms with E-state index in [1.165, 1.54) is 4.31 Å². The van der Waals surface area contributed by atoms with Gasteiger partial charge in [0.15, 0.2) is 0 Å². The van der Waals surface area contributed by atoms with Crippen molar-refractivity contribution in [1.29, 1.82) is 0 Å². The highest BCUT2D eigenvalue weighted by atomic mass is 32.2. The van der Waals surface area contributed by atoms with Crippen LogP contribution in [-0.4, -0.2) is 62.1 Å². The predicted octanol–water partition coefficient (Wildman–Crippen LogP) is 0.450. The van der Waals surface area contributed by atoms with E-state index in [9.17, 15) is 13.2 Å². The molecule has 0 spiro atoms. The zero-order chi connectivity index (χ0) is 16.7. The van der Waals surface area contributed by atoms with E-state index in [0.717, 1.165) is 12.2 Å². The third-order valence-corrected chi connectivity index (χ3v) is 5.64. The van der Waals surface area contributed by atoms with E-state index in [1.54, 1.807) is 6.20 Å². The van der Waals surface area contributed by atoms with Crippen LogP contribution in [0.1, 0.15) is 19.8 Å². The maximum absolute atomic E-state index is 12.3. The first-order valence-corrected chi connectivity index (χ1v) is 9.54. The van der Waals surface area contributed by atoms with Gasteiger partial charge in [-0.05, 0) is 18.6 Å². The van der Waals surface area contributed by atoms with Gasteiger partial charge in [0.2, 0.25) is 15.9 Å². The van der Waals surface area contributed by atoms with Crippen LogP contribution in [0, 0.1) is 0 Å². The normalized spacial score (nSPS) is 16.3. The minimum Gasteiger partial charge on any atom is -0.355 e. The summed E-state index contributed by atoms with van der Waals surface area (Å²) in [5, 5.41) is 2.65. The molecule has 0 aliphatic carbocycles. The van der Waals surface area contributed by atoms with Gasteiger partial charge in [-0.15, -0.1) is 0 Å². The summed E-state index contributed by atoms with van der Waals surface area (Å²) in [4.78, 5) is 17.7. The predicted molar refractivity (Wildman–Crippen MR) is 89.7 cm³/mol. The van der Waals surface area contributed by atoms with Crippen LogP contribution in [0.3, 0.4) is 0 Å². The lowest BCUT2D eigenvalue weighted by atomic mass is 10.3. The Kier molecular flexibility index (Phi) is 6.35. The van der Waals surface area contributed by atoms with Gasteiger partial charge in [0.05, 0.1) is 5.75 Å². The molecule has 0 unspecified atom stereocenters. The molecule has 2 rings (SSSR count). The molecular weight excluding hydrogens is 316 g/mol. The van der Waals surface area contributed by atoms with Gasteiger partial charge in [-0.1, -0.05) is 13.0 Å². The standard InChI is InChI=1S/C15H24N4O3S/c1-2-5-15(20)17-8-13-23(21,22)19-11-9-18(10-12-19)14-6-3-4-7-16-14/h3-4,6-7H,2,5,8-13H2,1H3,(H,17,20). The Morgan fingerprint density at radius 1 is 1.26 bits per heavy atom. The third-order valence-electron chi connectivity index (χ3n) is 3.76. The largest absolute Gasteiger partial charge is 0.355 e. The first kappa shape index (κ1) is 17.7. The highest BCUT2D eigenvalue weighted by molar-refractivity contribution is 7.89. The van der Waals surface area contributed by atoms with Gasteiger partial charge in [0.1, 0.15) is 5.82 Å². The van der Waals surface area contributed by atoms with Crippen molar-refractivity contribution >= 4 is 21.7 Å². The van der Waals surface area contributed by atoms with Crippen LogP contribution in [0.4, 0.5) is 5.82 Å². The smallest absolute Gasteiger partial charge is 0.220 e. The molecule has 0 saturated carbocycles. The number of sulfonamides is 1. The molecule has 1 fully saturated rings. The number of anilines is 1. The zero-order valence-corrected chi connectivity index (χ0v) is 14.3. The van der Waals surface area contributed by atoms with E-state index in [0.29, 0.717) is 32.6 Å². The summed E-state index contributed by atoms with van der Waals surface area (Å²) in [6.45, 7) is 4.22. The molecule has 1 N–H and O–H groups in total. The molecule has 128 valence electrons. The van der Waals surface area contributed by atoms with Crippen LogP contribution in [0.2, 0.25) is 0 Å². The molecule has 23 heavy (non-hydrogen) atoms. The Balaban J connectivity index is 1.80. The Morgan fingerprint density at radius 3 is 2.61 bits per heavy atom. The van der Waals surface area contributed by atoms with Gasteiger partial charge in [-0.3, -0.25) is 4.79 Å². The fourth-order valence-corrected chi connectivity index (χ4v) is 3.84. The van der Waals surface area contributed by atoms with Crippen molar-refractivity contribution in [2.24, 2.45) is 0 Å². The van der Waals surface area contributed by atoms with Gasteiger partial charge in [0, 0.05) is 45.3 Å². The molecule has 2 heterocycles. The average Bonchev–Trinajstić information content (AvgIpc) is 2.56. The zero-order valence-electron chi connectivity index (χ0n) is 13.4. The number of hydrogen-bond donors (Lipinski definition) is 1. The number of nitrogens with one attached hydrogen (secondary N) is 1. The molecule has 1 saturated heterocycles. The second-order valence-corrected chi connectivity index (χ2v) is 7.58. The van der Waals surface area contributed by atoms with E-state index >= 15 is 0 Å². The second-order valence-electron chi connectivity index (χ2n) is 5.49. The summed E-state index contributed by atoms with van der Waals surface area (Å²) >= 11 is 0. The minimum absolute atomic E-state index is 0.0496. The first-order chi connectivity index (χ1) is 11.0. The fraction of sp³-hybridized carbons (Fsp3) is 0.600. The van der Waals surface area contributed by atoms with Gasteiger partial charge in [-0.25, -0.2) is 13.4 Å². The maximum atomic E-state index is 12.3. The number of rotatable bonds is 7. The molecule has 0 aromatic carbocycles. The fourth-order valence-electron chi connectivity index (χ4n) is 2.50. The van der Waals surface area contributed by atoms with E-state index in [4.69, 9.17) is 0 Å². The number of carbonyl (C=O) groups is 1. The number of amides is 1. The summed E-state index contributed by atoms with van der Waals surface area (Å²) in [6.07, 6.45) is 2.92. The number of hydrogen-bond acceptors (Lipinski definition) is 5. The molecular formula is C15H24N4O3S. The molecule has 1 aliphatic rings. The molecule has 1 amide bonds. The minimum atomic E-state index is -3.33. The highest BCUT2D eigenvalue weighted by Crippen LogP contribution is 2.14. The van der Waals surface area contributed by atoms with Crippen LogP contribution in [0.15, 0.2) is 24.4 Å². The lowest BCUT2D eigenvalue weighted by molar-refractivity contribution is -0.120. The molecule has 1 aliphatic heterocycles. The highest BCUT2D eigenvalue weighted by Gasteiger charge is 2.27. The molecule has 7 nitrogen and oxygen atoms in total. The summed E-state index contributed by atoms with van der Waals surface area (Å²) < 4.78 is 26.1. The number of carbonyl (C=O) groups excluding carboxylic acids is 1. The molecule has 0 atom stereocenters. The molecule has 1 aromatic heterocycles. The maximum Gasteiger partial charge on any atom is 0.220 e. The topological polar surface area (TPSA) is 82.6 Å². The number of aromatic nitrogens is 1. The Bertz CT molecular complexity index is 598. The summed E-state index contributed by atoms with van der Waals surface area (Å²) in [5.74, 6) is 0.727. The molecule has 8 heteroatoms. The summed E-state index contributed by atoms with van der Waals surface area (Å²) in [7, 11) is -3.33. The molecule has 0 radical (unpaired) electrons. The van der Waals surface area contributed by atoms with Crippen LogP contribution in [0.25, 0.3) is 0 Å². The van der Waals surface area contributed by atoms with Crippen molar-refractivity contribution in [3.05, 3.63) is 24.4 Å². The van der Waals surface area contributed by atoms with Crippen LogP contribution < -0.4 is 10.2 Å². The van der Waals surface area contributed by atoms with E-state index in [1.807, 2.05) is 25.1 Å². The van der Waals surface area contributed by atoms with Gasteiger partial charge >= 0.3 is 0 Å². The van der Waals surface area contributed by atoms with Crippen LogP contribution >= 0.6 is 0 Å². The van der Waals surface area contributed by atoms with Gasteiger partial charge in [0.25, 0.3) is 0 Å². The average molecular weight is 340 g/mol. The van der Waals surface area contributed by atoms with E-state index < -0.39 is 10.0 Å². The van der Waals surface area contributed by atoms with Crippen molar-refractivity contribution < 1.29 is 13.2 Å². The number of piperazine rings is 1. The van der Waals surface area contributed by atoms with Gasteiger partial charge in [-0.2, -0.15) is 4.31 Å². The summed E-state index contributed by atoms with van der Waals surface area (Å²) in [5.41, 5.74) is 0. The van der Waals surface area contributed by atoms with Crippen molar-refractivity contribution in [3.8, 4) is 0 Å². The lowest BCUT2D eigenvalue weighted by Gasteiger charge is -2.34. The Morgan fingerprint density at radius 2 is 2.00 bits per heavy atom. The van der Waals surface area contributed by atoms with Crippen LogP contribution in [0.5, 0.6) is 0 Å². The second kappa shape index (κ2) is 8.26. The third kappa shape index (κ3) is 5.18. The van der Waals surface area contributed by atoms with Crippen molar-refractivity contribution in [1.82, 2.24) is 14.6 Å². The first-order valence-electron chi connectivity index (χ1n) is 7.93. The number of nitrogens with zero attached hydrogens (tertiary/aromatic N) is 3. The van der Waals surface area contributed by atoms with E-state index in [2.05, 4.69) is 15.2 Å². The quantitative estimate of drug-likeness (QED) is 0.779. The van der Waals surface area contributed by atoms with Crippen molar-refractivity contribution in [3.63, 3.8) is 0 Å². The van der Waals surface area contributed by atoms with Crippen LogP contribution in [-0.2, 0) is 14.8 Å². The molecule has 1 aromatic rings. The van der Waals surface area contributed by atoms with Crippen molar-refractivity contribution in [2.45, 2.75) is 19.8 Å². The Labute approximate surface area is 137 Å². The summed E-state index contributed by atoms with van der Waals surface area (Å²) in [6, 6.07) is 5.70. The SMILES string of the molecule is CCCC(=O)NCCS(=O)(=O)N1CCN(c2ccccn2)CC1. The Hall–Kier alpha value is -1.67. The van der Waals surface area contributed by atoms with Crippen molar-refractivity contribution in [2.75, 3.05) is 43.4 Å². The van der Waals surface area contributed by atoms with Gasteiger partial charge < -0.3 is 10.2 Å². The van der Waals surface area contributed by atoms with E-state index in [-0.39, 0.29) is 18.2 Å².